The Hall–Kier alpha value is -2.24. The van der Waals surface area contributed by atoms with Gasteiger partial charge in [-0.2, -0.15) is 0 Å². The van der Waals surface area contributed by atoms with Crippen molar-refractivity contribution in [1.29, 1.82) is 0 Å². The lowest BCUT2D eigenvalue weighted by Crippen LogP contribution is -2.31. The number of aliphatic carboxylic acids is 1. The van der Waals surface area contributed by atoms with Gasteiger partial charge >= 0.3 is 5.97 Å². The van der Waals surface area contributed by atoms with Crippen LogP contribution in [0.2, 0.25) is 0 Å². The number of phenolic OH excluding ortho intramolecular Hbond substituents is 1. The summed E-state index contributed by atoms with van der Waals surface area (Å²) in [5.41, 5.74) is 6.37. The van der Waals surface area contributed by atoms with Crippen molar-refractivity contribution in [3.05, 3.63) is 18.0 Å². The standard InChI is InChI=1S/C15H18N2O4/c1-15(14(19)20)4-2-8(3-5-15)13-17-10-7-11(18)9(16)6-12(10)21-13/h6-8,18H,2-5,16H2,1H3,(H,19,20). The van der Waals surface area contributed by atoms with Crippen molar-refractivity contribution in [2.45, 2.75) is 38.5 Å². The smallest absolute Gasteiger partial charge is 0.309 e. The first-order chi connectivity index (χ1) is 9.89. The van der Waals surface area contributed by atoms with Gasteiger partial charge in [0.05, 0.1) is 11.1 Å². The highest BCUT2D eigenvalue weighted by Crippen LogP contribution is 2.43. The number of nitrogens with two attached hydrogens (primary N) is 1. The van der Waals surface area contributed by atoms with Crippen LogP contribution in [-0.4, -0.2) is 21.2 Å². The minimum atomic E-state index is -0.740. The van der Waals surface area contributed by atoms with E-state index in [1.54, 1.807) is 13.0 Å². The second-order valence-corrected chi connectivity index (χ2v) is 6.07. The number of hydrogen-bond donors (Lipinski definition) is 3. The number of fused-ring (bicyclic) bond motifs is 1. The molecule has 0 radical (unpaired) electrons. The highest BCUT2D eigenvalue weighted by atomic mass is 16.4. The maximum atomic E-state index is 11.3. The summed E-state index contributed by atoms with van der Waals surface area (Å²) in [5.74, 6) is -0.0312. The summed E-state index contributed by atoms with van der Waals surface area (Å²) < 4.78 is 5.72. The van der Waals surface area contributed by atoms with Crippen LogP contribution in [0.15, 0.2) is 16.5 Å². The van der Waals surface area contributed by atoms with E-state index >= 15 is 0 Å². The maximum Gasteiger partial charge on any atom is 0.309 e. The maximum absolute atomic E-state index is 11.3. The lowest BCUT2D eigenvalue weighted by Gasteiger charge is -2.32. The number of anilines is 1. The number of carboxylic acids is 1. The van der Waals surface area contributed by atoms with Crippen LogP contribution in [0.3, 0.4) is 0 Å². The first-order valence-corrected chi connectivity index (χ1v) is 7.01. The summed E-state index contributed by atoms with van der Waals surface area (Å²) in [6.07, 6.45) is 2.69. The Morgan fingerprint density at radius 1 is 1.43 bits per heavy atom. The summed E-state index contributed by atoms with van der Waals surface area (Å²) in [4.78, 5) is 15.7. The van der Waals surface area contributed by atoms with E-state index in [-0.39, 0.29) is 17.4 Å². The number of aromatic nitrogens is 1. The van der Waals surface area contributed by atoms with E-state index in [1.807, 2.05) is 0 Å². The van der Waals surface area contributed by atoms with Crippen molar-refractivity contribution in [2.24, 2.45) is 5.41 Å². The predicted octanol–water partition coefficient (Wildman–Crippen LogP) is 2.86. The van der Waals surface area contributed by atoms with Crippen molar-refractivity contribution in [3.63, 3.8) is 0 Å². The van der Waals surface area contributed by atoms with Gasteiger partial charge in [0.1, 0.15) is 11.3 Å². The van der Waals surface area contributed by atoms with Crippen LogP contribution in [0.5, 0.6) is 5.75 Å². The summed E-state index contributed by atoms with van der Waals surface area (Å²) in [6, 6.07) is 3.05. The monoisotopic (exact) mass is 290 g/mol. The Kier molecular flexibility index (Phi) is 3.04. The van der Waals surface area contributed by atoms with Crippen LogP contribution in [0.1, 0.15) is 44.4 Å². The highest BCUT2D eigenvalue weighted by Gasteiger charge is 2.39. The van der Waals surface area contributed by atoms with Crippen LogP contribution < -0.4 is 5.73 Å². The van der Waals surface area contributed by atoms with Gasteiger partial charge in [-0.3, -0.25) is 4.79 Å². The number of phenols is 1. The van der Waals surface area contributed by atoms with Crippen LogP contribution in [0.25, 0.3) is 11.1 Å². The molecule has 0 saturated heterocycles. The van der Waals surface area contributed by atoms with Crippen molar-refractivity contribution in [1.82, 2.24) is 4.98 Å². The van der Waals surface area contributed by atoms with Crippen LogP contribution in [0, 0.1) is 5.41 Å². The Balaban J connectivity index is 1.84. The molecule has 112 valence electrons. The molecule has 0 amide bonds. The van der Waals surface area contributed by atoms with Gasteiger partial charge in [-0.15, -0.1) is 0 Å². The third kappa shape index (κ3) is 2.30. The minimum absolute atomic E-state index is 0.00977. The zero-order chi connectivity index (χ0) is 15.2. The molecule has 0 unspecified atom stereocenters. The van der Waals surface area contributed by atoms with E-state index in [4.69, 9.17) is 10.2 Å². The molecular formula is C15H18N2O4. The lowest BCUT2D eigenvalue weighted by atomic mass is 9.72. The predicted molar refractivity (Wildman–Crippen MR) is 77.0 cm³/mol. The SMILES string of the molecule is CC1(C(=O)O)CCC(c2nc3cc(O)c(N)cc3o2)CC1. The molecule has 6 heteroatoms. The summed E-state index contributed by atoms with van der Waals surface area (Å²) in [5, 5.41) is 18.8. The number of nitrogens with zero attached hydrogens (tertiary/aromatic N) is 1. The first-order valence-electron chi connectivity index (χ1n) is 7.01. The molecule has 6 nitrogen and oxygen atoms in total. The van der Waals surface area contributed by atoms with Crippen molar-refractivity contribution < 1.29 is 19.4 Å². The van der Waals surface area contributed by atoms with E-state index in [0.717, 1.165) is 12.8 Å². The molecule has 0 spiro atoms. The highest BCUT2D eigenvalue weighted by molar-refractivity contribution is 5.80. The summed E-state index contributed by atoms with van der Waals surface area (Å²) >= 11 is 0. The van der Waals surface area contributed by atoms with Crippen LogP contribution in [-0.2, 0) is 4.79 Å². The second-order valence-electron chi connectivity index (χ2n) is 6.07. The van der Waals surface area contributed by atoms with Gasteiger partial charge in [-0.1, -0.05) is 0 Å². The number of rotatable bonds is 2. The molecule has 1 fully saturated rings. The van der Waals surface area contributed by atoms with Gasteiger partial charge in [0.2, 0.25) is 0 Å². The number of aromatic hydroxyl groups is 1. The fourth-order valence-corrected chi connectivity index (χ4v) is 2.89. The molecule has 0 bridgehead atoms. The average Bonchev–Trinajstić information content (AvgIpc) is 2.82. The van der Waals surface area contributed by atoms with Crippen molar-refractivity contribution >= 4 is 22.8 Å². The summed E-state index contributed by atoms with van der Waals surface area (Å²) in [6.45, 7) is 1.79. The second kappa shape index (κ2) is 4.65. The Bertz CT molecular complexity index is 660. The van der Waals surface area contributed by atoms with Gasteiger partial charge in [0.15, 0.2) is 11.5 Å². The zero-order valence-electron chi connectivity index (χ0n) is 11.8. The third-order valence-electron chi connectivity index (χ3n) is 4.51. The molecule has 0 atom stereocenters. The van der Waals surface area contributed by atoms with E-state index in [0.29, 0.717) is 29.8 Å². The fraction of sp³-hybridized carbons (Fsp3) is 0.467. The molecule has 21 heavy (non-hydrogen) atoms. The van der Waals surface area contributed by atoms with Gasteiger partial charge in [-0.05, 0) is 32.6 Å². The van der Waals surface area contributed by atoms with Gasteiger partial charge in [0.25, 0.3) is 0 Å². The number of oxazole rings is 1. The normalized spacial score (nSPS) is 26.0. The molecule has 1 saturated carbocycles. The third-order valence-corrected chi connectivity index (χ3v) is 4.51. The number of benzene rings is 1. The van der Waals surface area contributed by atoms with Crippen LogP contribution in [0.4, 0.5) is 5.69 Å². The Labute approximate surface area is 121 Å². The topological polar surface area (TPSA) is 110 Å². The average molecular weight is 290 g/mol. The molecule has 1 aliphatic carbocycles. The van der Waals surface area contributed by atoms with Crippen LogP contribution >= 0.6 is 0 Å². The molecule has 2 aromatic rings. The molecule has 1 aromatic heterocycles. The number of carboxylic acid groups (broad SMARTS) is 1. The largest absolute Gasteiger partial charge is 0.506 e. The molecule has 4 N–H and O–H groups in total. The van der Waals surface area contributed by atoms with E-state index < -0.39 is 11.4 Å². The summed E-state index contributed by atoms with van der Waals surface area (Å²) in [7, 11) is 0. The van der Waals surface area contributed by atoms with E-state index in [9.17, 15) is 15.0 Å². The number of hydrogen-bond acceptors (Lipinski definition) is 5. The Morgan fingerprint density at radius 2 is 2.10 bits per heavy atom. The number of carbonyl (C=O) groups is 1. The zero-order valence-corrected chi connectivity index (χ0v) is 11.8. The lowest BCUT2D eigenvalue weighted by molar-refractivity contribution is -0.150. The molecule has 1 aliphatic rings. The van der Waals surface area contributed by atoms with E-state index in [2.05, 4.69) is 4.98 Å². The quantitative estimate of drug-likeness (QED) is 0.579. The van der Waals surface area contributed by atoms with Gasteiger partial charge in [-0.25, -0.2) is 4.98 Å². The van der Waals surface area contributed by atoms with E-state index in [1.165, 1.54) is 6.07 Å². The van der Waals surface area contributed by atoms with Crippen molar-refractivity contribution in [3.8, 4) is 5.75 Å². The minimum Gasteiger partial charge on any atom is -0.506 e. The fourth-order valence-electron chi connectivity index (χ4n) is 2.89. The molecular weight excluding hydrogens is 272 g/mol. The molecule has 1 heterocycles. The number of nitrogen functional groups attached to an aromatic ring is 1. The van der Waals surface area contributed by atoms with Gasteiger partial charge in [0, 0.05) is 18.1 Å². The van der Waals surface area contributed by atoms with Gasteiger partial charge < -0.3 is 20.4 Å². The molecule has 1 aromatic carbocycles. The molecule has 0 aliphatic heterocycles. The Morgan fingerprint density at radius 3 is 2.71 bits per heavy atom. The first kappa shape index (κ1) is 13.7. The van der Waals surface area contributed by atoms with Crippen molar-refractivity contribution in [2.75, 3.05) is 5.73 Å². The molecule has 3 rings (SSSR count).